The lowest BCUT2D eigenvalue weighted by molar-refractivity contribution is 0.492. The van der Waals surface area contributed by atoms with Crippen molar-refractivity contribution in [2.45, 2.75) is 11.8 Å². The molecule has 98 valence electrons. The molecule has 0 radical (unpaired) electrons. The average Bonchev–Trinajstić information content (AvgIpc) is 2.24. The molecule has 0 spiro atoms. The molecule has 1 unspecified atom stereocenters. The molecule has 1 aromatic carbocycles. The van der Waals surface area contributed by atoms with Crippen LogP contribution in [0, 0.1) is 34.7 Å². The molecule has 0 aliphatic carbocycles. The van der Waals surface area contributed by atoms with E-state index in [1.165, 1.54) is 6.92 Å². The summed E-state index contributed by atoms with van der Waals surface area (Å²) in [5.74, 6) is -4.92. The normalized spacial score (nSPS) is 13.1. The summed E-state index contributed by atoms with van der Waals surface area (Å²) < 4.78 is 64.2. The van der Waals surface area contributed by atoms with Crippen molar-refractivity contribution in [1.82, 2.24) is 4.72 Å². The van der Waals surface area contributed by atoms with Crippen LogP contribution in [0.2, 0.25) is 0 Å². The van der Waals surface area contributed by atoms with Crippen LogP contribution in [0.5, 0.6) is 0 Å². The van der Waals surface area contributed by atoms with Crippen LogP contribution in [0.25, 0.3) is 0 Å². The monoisotopic (exact) mass is 278 g/mol. The smallest absolute Gasteiger partial charge is 0.210 e. The SMILES string of the molecule is CC(C#N)CNS(=O)(=O)c1c(F)cc(F)cc1F. The van der Waals surface area contributed by atoms with E-state index < -0.39 is 38.3 Å². The average molecular weight is 278 g/mol. The Morgan fingerprint density at radius 3 is 2.28 bits per heavy atom. The largest absolute Gasteiger partial charge is 0.246 e. The van der Waals surface area contributed by atoms with Gasteiger partial charge in [0, 0.05) is 18.7 Å². The number of rotatable bonds is 4. The van der Waals surface area contributed by atoms with E-state index >= 15 is 0 Å². The summed E-state index contributed by atoms with van der Waals surface area (Å²) in [4.78, 5) is -1.26. The van der Waals surface area contributed by atoms with Crippen LogP contribution < -0.4 is 4.72 Å². The van der Waals surface area contributed by atoms with Crippen LogP contribution in [0.3, 0.4) is 0 Å². The van der Waals surface area contributed by atoms with Crippen molar-refractivity contribution in [2.24, 2.45) is 5.92 Å². The maximum atomic E-state index is 13.2. The fourth-order valence-corrected chi connectivity index (χ4v) is 2.38. The van der Waals surface area contributed by atoms with Gasteiger partial charge in [-0.15, -0.1) is 0 Å². The Morgan fingerprint density at radius 2 is 1.83 bits per heavy atom. The Balaban J connectivity index is 3.11. The number of nitrogens with zero attached hydrogens (tertiary/aromatic N) is 1. The van der Waals surface area contributed by atoms with Gasteiger partial charge in [-0.1, -0.05) is 0 Å². The molecule has 0 amide bonds. The standard InChI is InChI=1S/C10H9F3N2O2S/c1-6(4-14)5-15-18(16,17)10-8(12)2-7(11)3-9(10)13/h2-3,6,15H,5H2,1H3. The number of hydrogen-bond donors (Lipinski definition) is 1. The van der Waals surface area contributed by atoms with Gasteiger partial charge in [0.2, 0.25) is 10.0 Å². The molecule has 8 heteroatoms. The van der Waals surface area contributed by atoms with Gasteiger partial charge in [0.05, 0.1) is 12.0 Å². The van der Waals surface area contributed by atoms with E-state index in [0.717, 1.165) is 0 Å². The minimum Gasteiger partial charge on any atom is -0.210 e. The molecular weight excluding hydrogens is 269 g/mol. The fourth-order valence-electron chi connectivity index (χ4n) is 1.14. The second-order valence-corrected chi connectivity index (χ2v) is 5.28. The third-order valence-corrected chi connectivity index (χ3v) is 3.51. The molecule has 1 aromatic rings. The molecule has 0 heterocycles. The molecule has 0 saturated heterocycles. The highest BCUT2D eigenvalue weighted by molar-refractivity contribution is 7.89. The van der Waals surface area contributed by atoms with E-state index in [0.29, 0.717) is 0 Å². The molecule has 1 atom stereocenters. The zero-order valence-electron chi connectivity index (χ0n) is 9.25. The van der Waals surface area contributed by atoms with E-state index in [9.17, 15) is 21.6 Å². The molecule has 0 aliphatic heterocycles. The van der Waals surface area contributed by atoms with E-state index in [4.69, 9.17) is 5.26 Å². The molecule has 0 saturated carbocycles. The lowest BCUT2D eigenvalue weighted by atomic mass is 10.2. The van der Waals surface area contributed by atoms with E-state index in [1.54, 1.807) is 6.07 Å². The number of nitrogens with one attached hydrogen (secondary N) is 1. The maximum absolute atomic E-state index is 13.2. The second-order valence-electron chi connectivity index (χ2n) is 3.58. The van der Waals surface area contributed by atoms with Crippen LogP contribution in [0.1, 0.15) is 6.92 Å². The van der Waals surface area contributed by atoms with Crippen LogP contribution in [-0.4, -0.2) is 15.0 Å². The van der Waals surface area contributed by atoms with Crippen LogP contribution in [-0.2, 0) is 10.0 Å². The highest BCUT2D eigenvalue weighted by atomic mass is 32.2. The second kappa shape index (κ2) is 5.37. The van der Waals surface area contributed by atoms with Gasteiger partial charge in [0.25, 0.3) is 0 Å². The molecule has 4 nitrogen and oxygen atoms in total. The van der Waals surface area contributed by atoms with Crippen molar-refractivity contribution < 1.29 is 21.6 Å². The van der Waals surface area contributed by atoms with Gasteiger partial charge < -0.3 is 0 Å². The lowest BCUT2D eigenvalue weighted by Crippen LogP contribution is -2.29. The van der Waals surface area contributed by atoms with Crippen molar-refractivity contribution in [3.05, 3.63) is 29.6 Å². The van der Waals surface area contributed by atoms with Crippen molar-refractivity contribution in [1.29, 1.82) is 5.26 Å². The molecule has 1 rings (SSSR count). The maximum Gasteiger partial charge on any atom is 0.246 e. The molecule has 18 heavy (non-hydrogen) atoms. The topological polar surface area (TPSA) is 70.0 Å². The predicted molar refractivity (Wildman–Crippen MR) is 56.3 cm³/mol. The predicted octanol–water partition coefficient (Wildman–Crippen LogP) is 1.54. The first-order valence-corrected chi connectivity index (χ1v) is 6.30. The van der Waals surface area contributed by atoms with Gasteiger partial charge in [0.15, 0.2) is 4.90 Å². The summed E-state index contributed by atoms with van der Waals surface area (Å²) in [6, 6.07) is 2.29. The fraction of sp³-hybridized carbons (Fsp3) is 0.300. The summed E-state index contributed by atoms with van der Waals surface area (Å²) in [6.07, 6.45) is 0. The third kappa shape index (κ3) is 3.21. The number of hydrogen-bond acceptors (Lipinski definition) is 3. The van der Waals surface area contributed by atoms with E-state index in [-0.39, 0.29) is 18.7 Å². The van der Waals surface area contributed by atoms with Crippen LogP contribution in [0.15, 0.2) is 17.0 Å². The molecule has 0 fully saturated rings. The number of benzene rings is 1. The number of halogens is 3. The van der Waals surface area contributed by atoms with Crippen LogP contribution >= 0.6 is 0 Å². The lowest BCUT2D eigenvalue weighted by Gasteiger charge is -2.09. The van der Waals surface area contributed by atoms with Gasteiger partial charge >= 0.3 is 0 Å². The summed E-state index contributed by atoms with van der Waals surface area (Å²) in [7, 11) is -4.46. The highest BCUT2D eigenvalue weighted by Crippen LogP contribution is 2.19. The highest BCUT2D eigenvalue weighted by Gasteiger charge is 2.25. The molecular formula is C10H9F3N2O2S. The zero-order chi connectivity index (χ0) is 13.9. The first-order chi connectivity index (χ1) is 8.27. The summed E-state index contributed by atoms with van der Waals surface area (Å²) in [6.45, 7) is 1.13. The zero-order valence-corrected chi connectivity index (χ0v) is 10.1. The number of nitriles is 1. The van der Waals surface area contributed by atoms with Crippen molar-refractivity contribution in [3.8, 4) is 6.07 Å². The first kappa shape index (κ1) is 14.5. The Kier molecular flexibility index (Phi) is 4.32. The Labute approximate surface area is 102 Å². The van der Waals surface area contributed by atoms with Crippen molar-refractivity contribution in [2.75, 3.05) is 6.54 Å². The summed E-state index contributed by atoms with van der Waals surface area (Å²) in [5, 5.41) is 8.47. The minimum absolute atomic E-state index is 0.269. The number of sulfonamides is 1. The van der Waals surface area contributed by atoms with Crippen LogP contribution in [0.4, 0.5) is 13.2 Å². The van der Waals surface area contributed by atoms with E-state index in [1.807, 2.05) is 4.72 Å². The molecule has 0 aliphatic rings. The van der Waals surface area contributed by atoms with Gasteiger partial charge in [-0.25, -0.2) is 26.3 Å². The van der Waals surface area contributed by atoms with E-state index in [2.05, 4.69) is 0 Å². The summed E-state index contributed by atoms with van der Waals surface area (Å²) >= 11 is 0. The Bertz CT molecular complexity index is 573. The molecule has 0 aromatic heterocycles. The Morgan fingerprint density at radius 1 is 1.33 bits per heavy atom. The minimum atomic E-state index is -4.46. The quantitative estimate of drug-likeness (QED) is 0.908. The molecule has 1 N–H and O–H groups in total. The van der Waals surface area contributed by atoms with Gasteiger partial charge in [-0.2, -0.15) is 5.26 Å². The first-order valence-electron chi connectivity index (χ1n) is 4.81. The van der Waals surface area contributed by atoms with Crippen molar-refractivity contribution in [3.63, 3.8) is 0 Å². The van der Waals surface area contributed by atoms with Crippen molar-refractivity contribution >= 4 is 10.0 Å². The molecule has 0 bridgehead atoms. The summed E-state index contributed by atoms with van der Waals surface area (Å²) in [5.41, 5.74) is 0. The third-order valence-electron chi connectivity index (χ3n) is 2.03. The van der Waals surface area contributed by atoms with Gasteiger partial charge in [-0.05, 0) is 6.92 Å². The van der Waals surface area contributed by atoms with Gasteiger partial charge in [0.1, 0.15) is 17.5 Å². The Hall–Kier alpha value is -1.59. The van der Waals surface area contributed by atoms with Gasteiger partial charge in [-0.3, -0.25) is 0 Å².